The van der Waals surface area contributed by atoms with Crippen molar-refractivity contribution in [2.75, 3.05) is 0 Å². The Morgan fingerprint density at radius 1 is 1.14 bits per heavy atom. The number of rotatable bonds is 5. The first kappa shape index (κ1) is 15.7. The van der Waals surface area contributed by atoms with Crippen LogP contribution in [0, 0.1) is 0 Å². The Hall–Kier alpha value is -1.14. The Labute approximate surface area is 139 Å². The van der Waals surface area contributed by atoms with Gasteiger partial charge in [-0.3, -0.25) is 4.98 Å². The number of sulfonamides is 1. The lowest BCUT2D eigenvalue weighted by Crippen LogP contribution is -2.33. The van der Waals surface area contributed by atoms with Gasteiger partial charge >= 0.3 is 0 Å². The molecule has 0 spiro atoms. The Kier molecular flexibility index (Phi) is 4.41. The molecule has 1 aliphatic rings. The number of hydrogen-bond donors (Lipinski definition) is 0. The van der Waals surface area contributed by atoms with Crippen molar-refractivity contribution in [3.8, 4) is 0 Å². The van der Waals surface area contributed by atoms with Crippen molar-refractivity contribution in [1.29, 1.82) is 0 Å². The predicted molar refractivity (Wildman–Crippen MR) is 86.4 cm³/mol. The molecule has 1 heterocycles. The van der Waals surface area contributed by atoms with Crippen molar-refractivity contribution in [2.45, 2.75) is 30.3 Å². The first-order valence-corrected chi connectivity index (χ1v) is 9.05. The lowest BCUT2D eigenvalue weighted by atomic mass is 10.3. The van der Waals surface area contributed by atoms with Crippen molar-refractivity contribution < 1.29 is 8.42 Å². The van der Waals surface area contributed by atoms with E-state index in [9.17, 15) is 8.42 Å². The molecule has 0 atom stereocenters. The molecule has 7 heteroatoms. The number of aromatic nitrogens is 1. The second-order valence-corrected chi connectivity index (χ2v) is 7.80. The molecule has 22 heavy (non-hydrogen) atoms. The third-order valence-electron chi connectivity index (χ3n) is 3.50. The van der Waals surface area contributed by atoms with Crippen LogP contribution < -0.4 is 0 Å². The van der Waals surface area contributed by atoms with Gasteiger partial charge in [-0.1, -0.05) is 35.3 Å². The van der Waals surface area contributed by atoms with Crippen molar-refractivity contribution in [3.63, 3.8) is 0 Å². The van der Waals surface area contributed by atoms with Gasteiger partial charge in [0.05, 0.1) is 22.3 Å². The smallest absolute Gasteiger partial charge is 0.245 e. The molecule has 4 nitrogen and oxygen atoms in total. The van der Waals surface area contributed by atoms with Crippen LogP contribution in [0.2, 0.25) is 10.0 Å². The summed E-state index contributed by atoms with van der Waals surface area (Å²) in [5, 5.41) is 0.298. The van der Waals surface area contributed by atoms with E-state index in [1.807, 2.05) is 12.1 Å². The maximum absolute atomic E-state index is 12.9. The summed E-state index contributed by atoms with van der Waals surface area (Å²) in [6.45, 7) is 0.233. The van der Waals surface area contributed by atoms with Crippen LogP contribution in [0.4, 0.5) is 0 Å². The van der Waals surface area contributed by atoms with E-state index in [2.05, 4.69) is 4.98 Å². The minimum atomic E-state index is -3.71. The topological polar surface area (TPSA) is 50.3 Å². The SMILES string of the molecule is O=S(=O)(c1cccc(Cl)c1Cl)N(Cc1ccccn1)C1CC1. The molecule has 0 N–H and O–H groups in total. The minimum absolute atomic E-state index is 0.00190. The van der Waals surface area contributed by atoms with Crippen molar-refractivity contribution >= 4 is 33.2 Å². The summed E-state index contributed by atoms with van der Waals surface area (Å²) in [5.41, 5.74) is 0.705. The Bertz CT molecular complexity index is 777. The van der Waals surface area contributed by atoms with Crippen LogP contribution in [0.1, 0.15) is 18.5 Å². The fraction of sp³-hybridized carbons (Fsp3) is 0.267. The highest BCUT2D eigenvalue weighted by Crippen LogP contribution is 2.37. The van der Waals surface area contributed by atoms with Gasteiger partial charge in [0.15, 0.2) is 0 Å². The molecule has 1 saturated carbocycles. The van der Waals surface area contributed by atoms with Crippen LogP contribution >= 0.6 is 23.2 Å². The molecular weight excluding hydrogens is 343 g/mol. The summed E-state index contributed by atoms with van der Waals surface area (Å²) in [7, 11) is -3.71. The van der Waals surface area contributed by atoms with Crippen molar-refractivity contribution in [2.24, 2.45) is 0 Å². The fourth-order valence-electron chi connectivity index (χ4n) is 2.23. The third-order valence-corrected chi connectivity index (χ3v) is 6.37. The monoisotopic (exact) mass is 356 g/mol. The van der Waals surface area contributed by atoms with Gasteiger partial charge in [0.1, 0.15) is 4.90 Å². The van der Waals surface area contributed by atoms with E-state index >= 15 is 0 Å². The molecular formula is C15H14Cl2N2O2S. The normalized spacial score (nSPS) is 15.2. The van der Waals surface area contributed by atoms with Gasteiger partial charge in [0.25, 0.3) is 0 Å². The van der Waals surface area contributed by atoms with E-state index in [0.29, 0.717) is 5.69 Å². The van der Waals surface area contributed by atoms with E-state index in [4.69, 9.17) is 23.2 Å². The minimum Gasteiger partial charge on any atom is -0.260 e. The molecule has 1 aliphatic carbocycles. The molecule has 0 radical (unpaired) electrons. The molecule has 0 aliphatic heterocycles. The zero-order valence-electron chi connectivity index (χ0n) is 11.6. The fourth-order valence-corrected chi connectivity index (χ4v) is 4.63. The molecule has 0 amide bonds. The van der Waals surface area contributed by atoms with E-state index < -0.39 is 10.0 Å². The van der Waals surface area contributed by atoms with Gasteiger partial charge in [-0.05, 0) is 37.1 Å². The maximum Gasteiger partial charge on any atom is 0.245 e. The van der Waals surface area contributed by atoms with Crippen LogP contribution in [0.25, 0.3) is 0 Å². The van der Waals surface area contributed by atoms with Crippen LogP contribution in [-0.2, 0) is 16.6 Å². The molecule has 3 rings (SSSR count). The average molecular weight is 357 g/mol. The second kappa shape index (κ2) is 6.16. The largest absolute Gasteiger partial charge is 0.260 e. The number of hydrogen-bond acceptors (Lipinski definition) is 3. The van der Waals surface area contributed by atoms with Gasteiger partial charge in [-0.25, -0.2) is 8.42 Å². The van der Waals surface area contributed by atoms with E-state index in [1.54, 1.807) is 24.4 Å². The first-order chi connectivity index (χ1) is 10.5. The first-order valence-electron chi connectivity index (χ1n) is 6.86. The highest BCUT2D eigenvalue weighted by Gasteiger charge is 2.39. The number of halogens is 2. The number of pyridine rings is 1. The zero-order chi connectivity index (χ0) is 15.7. The van der Waals surface area contributed by atoms with Gasteiger partial charge in [0.2, 0.25) is 10.0 Å². The molecule has 0 unspecified atom stereocenters. The standard InChI is InChI=1S/C15H14Cl2N2O2S/c16-13-5-3-6-14(15(13)17)22(20,21)19(12-7-8-12)10-11-4-1-2-9-18-11/h1-6,9,12H,7-8,10H2. The zero-order valence-corrected chi connectivity index (χ0v) is 13.9. The average Bonchev–Trinajstić information content (AvgIpc) is 3.33. The molecule has 1 aromatic carbocycles. The quantitative estimate of drug-likeness (QED) is 0.819. The van der Waals surface area contributed by atoms with Crippen LogP contribution in [0.3, 0.4) is 0 Å². The number of benzene rings is 1. The summed E-state index contributed by atoms with van der Waals surface area (Å²) in [6.07, 6.45) is 3.36. The molecule has 0 bridgehead atoms. The molecule has 116 valence electrons. The van der Waals surface area contributed by atoms with Crippen molar-refractivity contribution in [1.82, 2.24) is 9.29 Å². The van der Waals surface area contributed by atoms with Gasteiger partial charge < -0.3 is 0 Å². The Morgan fingerprint density at radius 3 is 2.55 bits per heavy atom. The summed E-state index contributed by atoms with van der Waals surface area (Å²) >= 11 is 12.0. The summed E-state index contributed by atoms with van der Waals surface area (Å²) in [5.74, 6) is 0. The van der Waals surface area contributed by atoms with Gasteiger partial charge in [0, 0.05) is 12.2 Å². The summed E-state index contributed by atoms with van der Waals surface area (Å²) in [4.78, 5) is 4.26. The highest BCUT2D eigenvalue weighted by molar-refractivity contribution is 7.89. The molecule has 2 aromatic rings. The maximum atomic E-state index is 12.9. The van der Waals surface area contributed by atoms with E-state index in [0.717, 1.165) is 12.8 Å². The molecule has 1 aromatic heterocycles. The van der Waals surface area contributed by atoms with Crippen LogP contribution in [-0.4, -0.2) is 23.7 Å². The summed E-state index contributed by atoms with van der Waals surface area (Å²) < 4.78 is 27.4. The van der Waals surface area contributed by atoms with Crippen LogP contribution in [0.5, 0.6) is 0 Å². The van der Waals surface area contributed by atoms with E-state index in [1.165, 1.54) is 10.4 Å². The number of nitrogens with zero attached hydrogens (tertiary/aromatic N) is 2. The van der Waals surface area contributed by atoms with Gasteiger partial charge in [-0.2, -0.15) is 4.31 Å². The molecule has 1 fully saturated rings. The Balaban J connectivity index is 1.98. The lowest BCUT2D eigenvalue weighted by molar-refractivity contribution is 0.394. The predicted octanol–water partition coefficient (Wildman–Crippen LogP) is 3.74. The third kappa shape index (κ3) is 3.13. The van der Waals surface area contributed by atoms with Gasteiger partial charge in [-0.15, -0.1) is 0 Å². The van der Waals surface area contributed by atoms with E-state index in [-0.39, 0.29) is 27.5 Å². The lowest BCUT2D eigenvalue weighted by Gasteiger charge is -2.22. The van der Waals surface area contributed by atoms with Crippen molar-refractivity contribution in [3.05, 3.63) is 58.3 Å². The highest BCUT2D eigenvalue weighted by atomic mass is 35.5. The van der Waals surface area contributed by atoms with Crippen LogP contribution in [0.15, 0.2) is 47.5 Å². The second-order valence-electron chi connectivity index (χ2n) is 5.15. The molecule has 0 saturated heterocycles. The Morgan fingerprint density at radius 2 is 1.91 bits per heavy atom. The summed E-state index contributed by atoms with van der Waals surface area (Å²) in [6, 6.07) is 10.1.